The van der Waals surface area contributed by atoms with Crippen LogP contribution in [0.3, 0.4) is 0 Å². The van der Waals surface area contributed by atoms with Crippen molar-refractivity contribution in [3.05, 3.63) is 72.8 Å². The van der Waals surface area contributed by atoms with E-state index in [0.29, 0.717) is 0 Å². The van der Waals surface area contributed by atoms with Gasteiger partial charge in [0.1, 0.15) is 5.75 Å². The standard InChI is InChI=1S/C17H16O/c1-3-13(4-2)15-6-5-7-16(12-15)14-8-10-17(18)11-9-14/h3-12,18H,1H2,2H3/b13-4+. The molecule has 0 radical (unpaired) electrons. The molecule has 0 saturated carbocycles. The van der Waals surface area contributed by atoms with Crippen LogP contribution >= 0.6 is 0 Å². The smallest absolute Gasteiger partial charge is 0.115 e. The molecule has 2 aromatic rings. The lowest BCUT2D eigenvalue weighted by molar-refractivity contribution is 0.475. The highest BCUT2D eigenvalue weighted by Gasteiger charge is 2.01. The van der Waals surface area contributed by atoms with Gasteiger partial charge in [0.2, 0.25) is 0 Å². The van der Waals surface area contributed by atoms with E-state index in [4.69, 9.17) is 0 Å². The van der Waals surface area contributed by atoms with Crippen molar-refractivity contribution in [1.82, 2.24) is 0 Å². The first kappa shape index (κ1) is 12.2. The molecule has 0 aliphatic carbocycles. The van der Waals surface area contributed by atoms with Crippen LogP contribution in [0.25, 0.3) is 16.7 Å². The van der Waals surface area contributed by atoms with Gasteiger partial charge in [-0.05, 0) is 47.4 Å². The zero-order valence-electron chi connectivity index (χ0n) is 10.4. The van der Waals surface area contributed by atoms with Crippen LogP contribution < -0.4 is 0 Å². The Morgan fingerprint density at radius 2 is 1.78 bits per heavy atom. The lowest BCUT2D eigenvalue weighted by atomic mass is 9.99. The lowest BCUT2D eigenvalue weighted by Crippen LogP contribution is -1.83. The van der Waals surface area contributed by atoms with E-state index in [-0.39, 0.29) is 5.75 Å². The highest BCUT2D eigenvalue weighted by atomic mass is 16.3. The van der Waals surface area contributed by atoms with E-state index >= 15 is 0 Å². The molecule has 18 heavy (non-hydrogen) atoms. The van der Waals surface area contributed by atoms with Gasteiger partial charge in [-0.25, -0.2) is 0 Å². The van der Waals surface area contributed by atoms with Crippen molar-refractivity contribution < 1.29 is 5.11 Å². The highest BCUT2D eigenvalue weighted by molar-refractivity contribution is 5.77. The molecule has 1 heteroatoms. The van der Waals surface area contributed by atoms with E-state index < -0.39 is 0 Å². The summed E-state index contributed by atoms with van der Waals surface area (Å²) in [7, 11) is 0. The van der Waals surface area contributed by atoms with Gasteiger partial charge >= 0.3 is 0 Å². The van der Waals surface area contributed by atoms with Gasteiger partial charge in [-0.3, -0.25) is 0 Å². The van der Waals surface area contributed by atoms with Gasteiger partial charge in [0, 0.05) is 0 Å². The summed E-state index contributed by atoms with van der Waals surface area (Å²) >= 11 is 0. The first-order valence-electron chi connectivity index (χ1n) is 5.93. The molecule has 0 aromatic heterocycles. The Balaban J connectivity index is 2.44. The first-order valence-corrected chi connectivity index (χ1v) is 5.93. The molecule has 2 aromatic carbocycles. The Labute approximate surface area is 108 Å². The summed E-state index contributed by atoms with van der Waals surface area (Å²) in [5, 5.41) is 9.30. The zero-order chi connectivity index (χ0) is 13.0. The van der Waals surface area contributed by atoms with Crippen molar-refractivity contribution >= 4 is 5.57 Å². The van der Waals surface area contributed by atoms with Crippen LogP contribution in [0, 0.1) is 0 Å². The zero-order valence-corrected chi connectivity index (χ0v) is 10.4. The molecule has 0 fully saturated rings. The summed E-state index contributed by atoms with van der Waals surface area (Å²) in [4.78, 5) is 0. The fraction of sp³-hybridized carbons (Fsp3) is 0.0588. The van der Waals surface area contributed by atoms with E-state index in [9.17, 15) is 5.11 Å². The van der Waals surface area contributed by atoms with Gasteiger partial charge in [0.05, 0.1) is 0 Å². The first-order chi connectivity index (χ1) is 8.74. The van der Waals surface area contributed by atoms with Gasteiger partial charge in [-0.1, -0.05) is 49.1 Å². The molecule has 0 aliphatic heterocycles. The van der Waals surface area contributed by atoms with Crippen LogP contribution in [0.2, 0.25) is 0 Å². The maximum Gasteiger partial charge on any atom is 0.115 e. The fourth-order valence-corrected chi connectivity index (χ4v) is 1.93. The molecule has 0 unspecified atom stereocenters. The highest BCUT2D eigenvalue weighted by Crippen LogP contribution is 2.25. The molecule has 0 saturated heterocycles. The quantitative estimate of drug-likeness (QED) is 0.769. The van der Waals surface area contributed by atoms with E-state index in [1.165, 1.54) is 0 Å². The molecule has 0 bridgehead atoms. The van der Waals surface area contributed by atoms with Crippen LogP contribution in [0.4, 0.5) is 0 Å². The maximum atomic E-state index is 9.30. The number of rotatable bonds is 3. The normalized spacial score (nSPS) is 11.3. The molecular weight excluding hydrogens is 220 g/mol. The third-order valence-corrected chi connectivity index (χ3v) is 2.93. The predicted molar refractivity (Wildman–Crippen MR) is 77.4 cm³/mol. The van der Waals surface area contributed by atoms with Gasteiger partial charge < -0.3 is 5.11 Å². The van der Waals surface area contributed by atoms with E-state index in [2.05, 4.69) is 24.8 Å². The van der Waals surface area contributed by atoms with E-state index in [1.54, 1.807) is 12.1 Å². The summed E-state index contributed by atoms with van der Waals surface area (Å²) in [6.45, 7) is 5.83. The number of phenolic OH excluding ortho intramolecular Hbond substituents is 1. The second kappa shape index (κ2) is 5.37. The molecule has 0 amide bonds. The number of hydrogen-bond acceptors (Lipinski definition) is 1. The lowest BCUT2D eigenvalue weighted by Gasteiger charge is -2.06. The van der Waals surface area contributed by atoms with Crippen LogP contribution in [0.1, 0.15) is 12.5 Å². The number of allylic oxidation sites excluding steroid dienone is 3. The van der Waals surface area contributed by atoms with Crippen molar-refractivity contribution in [2.24, 2.45) is 0 Å². The van der Waals surface area contributed by atoms with E-state index in [0.717, 1.165) is 22.3 Å². The molecule has 1 nitrogen and oxygen atoms in total. The van der Waals surface area contributed by atoms with E-state index in [1.807, 2.05) is 37.3 Å². The van der Waals surface area contributed by atoms with Crippen LogP contribution in [0.15, 0.2) is 67.3 Å². The summed E-state index contributed by atoms with van der Waals surface area (Å²) < 4.78 is 0. The Bertz CT molecular complexity index is 577. The van der Waals surface area contributed by atoms with Gasteiger partial charge in [0.25, 0.3) is 0 Å². The summed E-state index contributed by atoms with van der Waals surface area (Å²) in [6.07, 6.45) is 3.90. The second-order valence-corrected chi connectivity index (χ2v) is 4.08. The van der Waals surface area contributed by atoms with Crippen LogP contribution in [-0.4, -0.2) is 5.11 Å². The van der Waals surface area contributed by atoms with Gasteiger partial charge in [-0.15, -0.1) is 0 Å². The molecule has 0 atom stereocenters. The second-order valence-electron chi connectivity index (χ2n) is 4.08. The number of benzene rings is 2. The summed E-state index contributed by atoms with van der Waals surface area (Å²) in [5.41, 5.74) is 4.50. The van der Waals surface area contributed by atoms with Crippen molar-refractivity contribution in [3.63, 3.8) is 0 Å². The number of aromatic hydroxyl groups is 1. The Kier molecular flexibility index (Phi) is 3.63. The predicted octanol–water partition coefficient (Wildman–Crippen LogP) is 4.65. The summed E-state index contributed by atoms with van der Waals surface area (Å²) in [5.74, 6) is 0.287. The molecule has 1 N–H and O–H groups in total. The molecular formula is C17H16O. The van der Waals surface area contributed by atoms with Crippen LogP contribution in [0.5, 0.6) is 5.75 Å². The molecule has 0 aliphatic rings. The number of phenols is 1. The van der Waals surface area contributed by atoms with Gasteiger partial charge in [-0.2, -0.15) is 0 Å². The third kappa shape index (κ3) is 2.51. The molecule has 90 valence electrons. The Morgan fingerprint density at radius 3 is 2.39 bits per heavy atom. The van der Waals surface area contributed by atoms with Crippen molar-refractivity contribution in [2.75, 3.05) is 0 Å². The fourth-order valence-electron chi connectivity index (χ4n) is 1.93. The Hall–Kier alpha value is -2.28. The van der Waals surface area contributed by atoms with Crippen molar-refractivity contribution in [3.8, 4) is 16.9 Å². The monoisotopic (exact) mass is 236 g/mol. The molecule has 0 spiro atoms. The summed E-state index contributed by atoms with van der Waals surface area (Å²) in [6, 6.07) is 15.5. The minimum atomic E-state index is 0.287. The third-order valence-electron chi connectivity index (χ3n) is 2.93. The minimum absolute atomic E-state index is 0.287. The minimum Gasteiger partial charge on any atom is -0.508 e. The van der Waals surface area contributed by atoms with Gasteiger partial charge in [0.15, 0.2) is 0 Å². The topological polar surface area (TPSA) is 20.2 Å². The number of hydrogen-bond donors (Lipinski definition) is 1. The SMILES string of the molecule is C=C/C(=C\C)c1cccc(-c2ccc(O)cc2)c1. The average Bonchev–Trinajstić information content (AvgIpc) is 2.41. The van der Waals surface area contributed by atoms with Crippen molar-refractivity contribution in [1.29, 1.82) is 0 Å². The van der Waals surface area contributed by atoms with Crippen LogP contribution in [-0.2, 0) is 0 Å². The molecule has 0 heterocycles. The average molecular weight is 236 g/mol. The maximum absolute atomic E-state index is 9.30. The Morgan fingerprint density at radius 1 is 1.06 bits per heavy atom. The van der Waals surface area contributed by atoms with Crippen molar-refractivity contribution in [2.45, 2.75) is 6.92 Å². The molecule has 2 rings (SSSR count). The largest absolute Gasteiger partial charge is 0.508 e.